The third-order valence-corrected chi connectivity index (χ3v) is 8.74. The summed E-state index contributed by atoms with van der Waals surface area (Å²) in [5.41, 5.74) is -0.261. The molecule has 0 atom stereocenters. The molecule has 1 aliphatic rings. The number of aromatic nitrogens is 3. The molecular formula is C18H19N5O4S3. The second kappa shape index (κ2) is 8.46. The van der Waals surface area contributed by atoms with Crippen LogP contribution in [0.1, 0.15) is 23.5 Å². The van der Waals surface area contributed by atoms with E-state index in [2.05, 4.69) is 10.2 Å². The minimum absolute atomic E-state index is 0.0585. The number of thiophene rings is 1. The number of nitro benzene ring substituents is 1. The summed E-state index contributed by atoms with van der Waals surface area (Å²) in [7, 11) is -1.92. The van der Waals surface area contributed by atoms with Gasteiger partial charge in [-0.05, 0) is 48.2 Å². The Balaban J connectivity index is 1.62. The standard InChI is InChI=1S/C18H19N5O4S3/c1-21-17(11-13-5-4-10-28-13)19-20-18(21)29-16-7-6-14(12-15(16)23(24)25)30(26,27)22-8-2-3-9-22/h4-7,10,12H,2-3,8-9,11H2,1H3. The summed E-state index contributed by atoms with van der Waals surface area (Å²) in [5.74, 6) is 0.746. The van der Waals surface area contributed by atoms with Crippen molar-refractivity contribution in [3.05, 3.63) is 56.5 Å². The van der Waals surface area contributed by atoms with E-state index < -0.39 is 14.9 Å². The molecule has 0 amide bonds. The van der Waals surface area contributed by atoms with Crippen LogP contribution < -0.4 is 0 Å². The maximum Gasteiger partial charge on any atom is 0.284 e. The van der Waals surface area contributed by atoms with Gasteiger partial charge in [-0.25, -0.2) is 8.42 Å². The first-order valence-corrected chi connectivity index (χ1v) is 12.4. The average molecular weight is 466 g/mol. The Kier molecular flexibility index (Phi) is 5.91. The maximum atomic E-state index is 12.8. The lowest BCUT2D eigenvalue weighted by Gasteiger charge is -2.15. The number of benzene rings is 1. The summed E-state index contributed by atoms with van der Waals surface area (Å²) in [6, 6.07) is 8.01. The van der Waals surface area contributed by atoms with Crippen LogP contribution in [-0.4, -0.2) is 45.5 Å². The molecule has 0 saturated carbocycles. The van der Waals surface area contributed by atoms with Gasteiger partial charge in [-0.15, -0.1) is 21.5 Å². The molecule has 0 unspecified atom stereocenters. The second-order valence-corrected chi connectivity index (χ2v) is 10.8. The first-order chi connectivity index (χ1) is 14.4. The molecule has 12 heteroatoms. The molecule has 0 bridgehead atoms. The van der Waals surface area contributed by atoms with Gasteiger partial charge in [-0.2, -0.15) is 4.31 Å². The predicted octanol–water partition coefficient (Wildman–Crippen LogP) is 3.31. The van der Waals surface area contributed by atoms with Gasteiger partial charge in [0.05, 0.1) is 14.7 Å². The highest BCUT2D eigenvalue weighted by atomic mass is 32.2. The zero-order valence-corrected chi connectivity index (χ0v) is 18.5. The van der Waals surface area contributed by atoms with E-state index in [4.69, 9.17) is 0 Å². The maximum absolute atomic E-state index is 12.8. The molecule has 2 aromatic heterocycles. The molecule has 30 heavy (non-hydrogen) atoms. The molecule has 158 valence electrons. The summed E-state index contributed by atoms with van der Waals surface area (Å²) in [4.78, 5) is 12.5. The van der Waals surface area contributed by atoms with E-state index in [0.717, 1.165) is 41.4 Å². The van der Waals surface area contributed by atoms with Crippen molar-refractivity contribution >= 4 is 38.8 Å². The van der Waals surface area contributed by atoms with Crippen LogP contribution in [-0.2, 0) is 23.5 Å². The first kappa shape index (κ1) is 21.0. The van der Waals surface area contributed by atoms with Crippen molar-refractivity contribution < 1.29 is 13.3 Å². The van der Waals surface area contributed by atoms with Gasteiger partial charge in [0.2, 0.25) is 10.0 Å². The number of nitrogens with zero attached hydrogens (tertiary/aromatic N) is 5. The highest BCUT2D eigenvalue weighted by Crippen LogP contribution is 2.36. The highest BCUT2D eigenvalue weighted by Gasteiger charge is 2.30. The monoisotopic (exact) mass is 465 g/mol. The number of rotatable bonds is 7. The van der Waals surface area contributed by atoms with E-state index >= 15 is 0 Å². The van der Waals surface area contributed by atoms with E-state index in [1.165, 1.54) is 16.4 Å². The van der Waals surface area contributed by atoms with Crippen LogP contribution in [0.25, 0.3) is 0 Å². The Morgan fingerprint density at radius 2 is 2.00 bits per heavy atom. The number of sulfonamides is 1. The molecule has 9 nitrogen and oxygen atoms in total. The van der Waals surface area contributed by atoms with E-state index in [-0.39, 0.29) is 10.6 Å². The van der Waals surface area contributed by atoms with Gasteiger partial charge in [0.15, 0.2) is 5.16 Å². The van der Waals surface area contributed by atoms with Crippen LogP contribution in [0.15, 0.2) is 50.7 Å². The quantitative estimate of drug-likeness (QED) is 0.389. The second-order valence-electron chi connectivity index (χ2n) is 6.81. The molecule has 0 aliphatic carbocycles. The zero-order chi connectivity index (χ0) is 21.3. The third-order valence-electron chi connectivity index (χ3n) is 4.87. The van der Waals surface area contributed by atoms with Gasteiger partial charge in [0, 0.05) is 37.5 Å². The molecular weight excluding hydrogens is 446 g/mol. The Hall–Kier alpha value is -2.28. The van der Waals surface area contributed by atoms with E-state index in [1.54, 1.807) is 15.9 Å². The van der Waals surface area contributed by atoms with Crippen LogP contribution in [0.3, 0.4) is 0 Å². The highest BCUT2D eigenvalue weighted by molar-refractivity contribution is 7.99. The van der Waals surface area contributed by atoms with Gasteiger partial charge < -0.3 is 4.57 Å². The lowest BCUT2D eigenvalue weighted by Crippen LogP contribution is -2.27. The Morgan fingerprint density at radius 1 is 1.23 bits per heavy atom. The molecule has 3 aromatic rings. The summed E-state index contributed by atoms with van der Waals surface area (Å²) >= 11 is 2.72. The fraction of sp³-hybridized carbons (Fsp3) is 0.333. The predicted molar refractivity (Wildman–Crippen MR) is 113 cm³/mol. The van der Waals surface area contributed by atoms with Crippen LogP contribution in [0.4, 0.5) is 5.69 Å². The lowest BCUT2D eigenvalue weighted by atomic mass is 10.3. The Morgan fingerprint density at radius 3 is 2.67 bits per heavy atom. The van der Waals surface area contributed by atoms with Gasteiger partial charge in [0.1, 0.15) is 5.82 Å². The largest absolute Gasteiger partial charge is 0.309 e. The first-order valence-electron chi connectivity index (χ1n) is 9.23. The van der Waals surface area contributed by atoms with Crippen molar-refractivity contribution in [2.45, 2.75) is 34.2 Å². The summed E-state index contributed by atoms with van der Waals surface area (Å²) in [6.45, 7) is 0.886. The van der Waals surface area contributed by atoms with Crippen LogP contribution in [0.5, 0.6) is 0 Å². The van der Waals surface area contributed by atoms with Crippen molar-refractivity contribution in [3.63, 3.8) is 0 Å². The number of hydrogen-bond acceptors (Lipinski definition) is 8. The molecule has 0 spiro atoms. The average Bonchev–Trinajstić information content (AvgIpc) is 3.48. The molecule has 4 rings (SSSR count). The smallest absolute Gasteiger partial charge is 0.284 e. The van der Waals surface area contributed by atoms with Gasteiger partial charge in [-0.3, -0.25) is 10.1 Å². The fourth-order valence-corrected chi connectivity index (χ4v) is 6.35. The number of nitro groups is 1. The van der Waals surface area contributed by atoms with Crippen molar-refractivity contribution in [3.8, 4) is 0 Å². The zero-order valence-electron chi connectivity index (χ0n) is 16.1. The van der Waals surface area contributed by atoms with Gasteiger partial charge in [-0.1, -0.05) is 6.07 Å². The Labute approximate surface area is 181 Å². The van der Waals surface area contributed by atoms with Crippen LogP contribution in [0.2, 0.25) is 0 Å². The molecule has 0 radical (unpaired) electrons. The molecule has 1 saturated heterocycles. The molecule has 1 aromatic carbocycles. The third kappa shape index (κ3) is 4.13. The molecule has 0 N–H and O–H groups in total. The molecule has 3 heterocycles. The SMILES string of the molecule is Cn1c(Cc2cccs2)nnc1Sc1ccc(S(=O)(=O)N2CCCC2)cc1[N+](=O)[O-]. The van der Waals surface area contributed by atoms with Crippen molar-refractivity contribution in [2.24, 2.45) is 7.05 Å². The fourth-order valence-electron chi connectivity index (χ4n) is 3.22. The summed E-state index contributed by atoms with van der Waals surface area (Å²) in [6.07, 6.45) is 2.22. The van der Waals surface area contributed by atoms with Crippen molar-refractivity contribution in [1.29, 1.82) is 0 Å². The summed E-state index contributed by atoms with van der Waals surface area (Å²) < 4.78 is 28.7. The van der Waals surface area contributed by atoms with E-state index in [0.29, 0.717) is 29.6 Å². The van der Waals surface area contributed by atoms with E-state index in [1.807, 2.05) is 24.6 Å². The number of hydrogen-bond donors (Lipinski definition) is 0. The minimum Gasteiger partial charge on any atom is -0.309 e. The lowest BCUT2D eigenvalue weighted by molar-refractivity contribution is -0.388. The summed E-state index contributed by atoms with van der Waals surface area (Å²) in [5, 5.41) is 22.5. The van der Waals surface area contributed by atoms with Crippen molar-refractivity contribution in [1.82, 2.24) is 19.1 Å². The minimum atomic E-state index is -3.73. The van der Waals surface area contributed by atoms with Gasteiger partial charge >= 0.3 is 0 Å². The normalized spacial score (nSPS) is 15.0. The van der Waals surface area contributed by atoms with Crippen LogP contribution in [0, 0.1) is 10.1 Å². The topological polar surface area (TPSA) is 111 Å². The molecule has 1 fully saturated rings. The molecule has 1 aliphatic heterocycles. The van der Waals surface area contributed by atoms with Gasteiger partial charge in [0.25, 0.3) is 5.69 Å². The van der Waals surface area contributed by atoms with Crippen molar-refractivity contribution in [2.75, 3.05) is 13.1 Å². The Bertz CT molecular complexity index is 1170. The van der Waals surface area contributed by atoms with Crippen LogP contribution >= 0.6 is 23.1 Å². The van der Waals surface area contributed by atoms with E-state index in [9.17, 15) is 18.5 Å².